The van der Waals surface area contributed by atoms with Crippen molar-refractivity contribution in [1.82, 2.24) is 9.97 Å². The number of hydrogen-bond acceptors (Lipinski definition) is 4. The first-order valence-corrected chi connectivity index (χ1v) is 7.01. The summed E-state index contributed by atoms with van der Waals surface area (Å²) < 4.78 is 0.748. The number of nitrogens with zero attached hydrogens (tertiary/aromatic N) is 3. The fourth-order valence-corrected chi connectivity index (χ4v) is 1.97. The first-order valence-electron chi connectivity index (χ1n) is 6.22. The van der Waals surface area contributed by atoms with Crippen molar-refractivity contribution in [2.75, 3.05) is 23.7 Å². The Balaban J connectivity index is 2.78. The summed E-state index contributed by atoms with van der Waals surface area (Å²) in [5.41, 5.74) is 5.75. The number of rotatable bonds is 7. The molecular weight excluding hydrogens is 280 g/mol. The molecule has 0 aliphatic rings. The molecule has 0 aromatic carbocycles. The van der Waals surface area contributed by atoms with Crippen LogP contribution in [0.25, 0.3) is 0 Å². The van der Waals surface area contributed by atoms with Gasteiger partial charge >= 0.3 is 0 Å². The Morgan fingerprint density at radius 2 is 1.76 bits per heavy atom. The molecule has 0 aliphatic heterocycles. The summed E-state index contributed by atoms with van der Waals surface area (Å²) in [5, 5.41) is 0. The number of nitrogen functional groups attached to an aromatic ring is 1. The van der Waals surface area contributed by atoms with Crippen LogP contribution in [0.1, 0.15) is 39.5 Å². The van der Waals surface area contributed by atoms with Crippen LogP contribution in [-0.2, 0) is 0 Å². The van der Waals surface area contributed by atoms with Crippen molar-refractivity contribution >= 4 is 27.7 Å². The van der Waals surface area contributed by atoms with Crippen LogP contribution in [0, 0.1) is 0 Å². The highest BCUT2D eigenvalue weighted by Gasteiger charge is 2.10. The van der Waals surface area contributed by atoms with E-state index in [1.54, 1.807) is 6.07 Å². The molecular formula is C12H21BrN4. The second-order valence-electron chi connectivity index (χ2n) is 4.11. The molecule has 0 bridgehead atoms. The predicted octanol–water partition coefficient (Wildman–Crippen LogP) is 3.23. The van der Waals surface area contributed by atoms with Gasteiger partial charge in [0, 0.05) is 19.2 Å². The van der Waals surface area contributed by atoms with Crippen LogP contribution in [0.2, 0.25) is 0 Å². The van der Waals surface area contributed by atoms with Crippen LogP contribution in [0.15, 0.2) is 10.7 Å². The maximum Gasteiger partial charge on any atom is 0.228 e. The molecule has 1 aromatic rings. The standard InChI is InChI=1S/C12H21BrN4/c1-3-5-7-17(8-6-4-2)12-15-10(13)9-11(14)16-12/h9H,3-8H2,1-2H3,(H2,14,15,16). The van der Waals surface area contributed by atoms with E-state index in [-0.39, 0.29) is 0 Å². The Kier molecular flexibility index (Phi) is 6.26. The molecule has 0 unspecified atom stereocenters. The molecule has 0 saturated heterocycles. The number of hydrogen-bond donors (Lipinski definition) is 1. The largest absolute Gasteiger partial charge is 0.383 e. The smallest absolute Gasteiger partial charge is 0.228 e. The number of unbranched alkanes of at least 4 members (excludes halogenated alkanes) is 2. The summed E-state index contributed by atoms with van der Waals surface area (Å²) in [6.45, 7) is 6.36. The van der Waals surface area contributed by atoms with Gasteiger partial charge in [0.1, 0.15) is 10.4 Å². The summed E-state index contributed by atoms with van der Waals surface area (Å²) in [7, 11) is 0. The van der Waals surface area contributed by atoms with Gasteiger partial charge in [0.15, 0.2) is 0 Å². The maximum atomic E-state index is 5.75. The summed E-state index contributed by atoms with van der Waals surface area (Å²) >= 11 is 3.36. The van der Waals surface area contributed by atoms with Crippen molar-refractivity contribution in [1.29, 1.82) is 0 Å². The zero-order valence-corrected chi connectivity index (χ0v) is 12.2. The maximum absolute atomic E-state index is 5.75. The minimum Gasteiger partial charge on any atom is -0.383 e. The molecule has 0 radical (unpaired) electrons. The second-order valence-corrected chi connectivity index (χ2v) is 4.92. The number of halogens is 1. The minimum absolute atomic E-state index is 0.514. The summed E-state index contributed by atoms with van der Waals surface area (Å²) in [5.74, 6) is 1.25. The van der Waals surface area contributed by atoms with Gasteiger partial charge in [-0.1, -0.05) is 26.7 Å². The number of nitrogens with two attached hydrogens (primary N) is 1. The van der Waals surface area contributed by atoms with Crippen LogP contribution < -0.4 is 10.6 Å². The van der Waals surface area contributed by atoms with Gasteiger partial charge < -0.3 is 10.6 Å². The van der Waals surface area contributed by atoms with E-state index in [0.717, 1.165) is 36.5 Å². The van der Waals surface area contributed by atoms with Crippen molar-refractivity contribution in [3.8, 4) is 0 Å². The quantitative estimate of drug-likeness (QED) is 0.786. The minimum atomic E-state index is 0.514. The van der Waals surface area contributed by atoms with Gasteiger partial charge in [-0.05, 0) is 28.8 Å². The van der Waals surface area contributed by atoms with Crippen molar-refractivity contribution < 1.29 is 0 Å². The van der Waals surface area contributed by atoms with Gasteiger partial charge in [0.05, 0.1) is 0 Å². The second kappa shape index (κ2) is 7.48. The van der Waals surface area contributed by atoms with E-state index < -0.39 is 0 Å². The first kappa shape index (κ1) is 14.2. The van der Waals surface area contributed by atoms with Crippen molar-refractivity contribution in [3.63, 3.8) is 0 Å². The summed E-state index contributed by atoms with van der Waals surface area (Å²) in [6.07, 6.45) is 4.65. The van der Waals surface area contributed by atoms with Gasteiger partial charge in [0.2, 0.25) is 5.95 Å². The van der Waals surface area contributed by atoms with E-state index in [0.29, 0.717) is 5.82 Å². The third kappa shape index (κ3) is 4.89. The lowest BCUT2D eigenvalue weighted by Gasteiger charge is -2.22. The fourth-order valence-electron chi connectivity index (χ4n) is 1.57. The Morgan fingerprint density at radius 1 is 1.18 bits per heavy atom. The van der Waals surface area contributed by atoms with E-state index in [1.807, 2.05) is 0 Å². The lowest BCUT2D eigenvalue weighted by molar-refractivity contribution is 0.663. The zero-order valence-electron chi connectivity index (χ0n) is 10.6. The lowest BCUT2D eigenvalue weighted by atomic mass is 10.3. The van der Waals surface area contributed by atoms with Crippen LogP contribution in [-0.4, -0.2) is 23.1 Å². The van der Waals surface area contributed by atoms with Crippen LogP contribution in [0.4, 0.5) is 11.8 Å². The van der Waals surface area contributed by atoms with Crippen LogP contribution in [0.3, 0.4) is 0 Å². The highest BCUT2D eigenvalue weighted by atomic mass is 79.9. The normalized spacial score (nSPS) is 10.5. The highest BCUT2D eigenvalue weighted by molar-refractivity contribution is 9.10. The Morgan fingerprint density at radius 3 is 2.24 bits per heavy atom. The SMILES string of the molecule is CCCCN(CCCC)c1nc(N)cc(Br)n1. The number of anilines is 2. The molecule has 1 aromatic heterocycles. The Labute approximate surface area is 112 Å². The molecule has 4 nitrogen and oxygen atoms in total. The summed E-state index contributed by atoms with van der Waals surface area (Å²) in [4.78, 5) is 10.9. The van der Waals surface area contributed by atoms with Gasteiger partial charge in [0.25, 0.3) is 0 Å². The van der Waals surface area contributed by atoms with Crippen molar-refractivity contribution in [3.05, 3.63) is 10.7 Å². The molecule has 0 amide bonds. The third-order valence-corrected chi connectivity index (χ3v) is 2.96. The molecule has 17 heavy (non-hydrogen) atoms. The first-order chi connectivity index (χ1) is 8.17. The third-order valence-electron chi connectivity index (χ3n) is 2.55. The molecule has 0 spiro atoms. The molecule has 0 fully saturated rings. The van der Waals surface area contributed by atoms with Gasteiger partial charge in [-0.3, -0.25) is 0 Å². The topological polar surface area (TPSA) is 55.0 Å². The van der Waals surface area contributed by atoms with Crippen molar-refractivity contribution in [2.24, 2.45) is 0 Å². The van der Waals surface area contributed by atoms with E-state index in [2.05, 4.69) is 44.6 Å². The molecule has 0 aliphatic carbocycles. The van der Waals surface area contributed by atoms with Gasteiger partial charge in [-0.25, -0.2) is 4.98 Å². The molecule has 1 heterocycles. The van der Waals surface area contributed by atoms with Gasteiger partial charge in [-0.15, -0.1) is 0 Å². The van der Waals surface area contributed by atoms with E-state index >= 15 is 0 Å². The highest BCUT2D eigenvalue weighted by Crippen LogP contribution is 2.17. The van der Waals surface area contributed by atoms with E-state index in [1.165, 1.54) is 12.8 Å². The Bertz CT molecular complexity index is 315. The number of aromatic nitrogens is 2. The van der Waals surface area contributed by atoms with Crippen molar-refractivity contribution in [2.45, 2.75) is 39.5 Å². The molecule has 96 valence electrons. The van der Waals surface area contributed by atoms with E-state index in [9.17, 15) is 0 Å². The average molecular weight is 301 g/mol. The monoisotopic (exact) mass is 300 g/mol. The van der Waals surface area contributed by atoms with Crippen LogP contribution in [0.5, 0.6) is 0 Å². The molecule has 2 N–H and O–H groups in total. The predicted molar refractivity (Wildman–Crippen MR) is 76.2 cm³/mol. The lowest BCUT2D eigenvalue weighted by Crippen LogP contribution is -2.27. The average Bonchev–Trinajstić information content (AvgIpc) is 2.28. The van der Waals surface area contributed by atoms with Crippen LogP contribution >= 0.6 is 15.9 Å². The molecule has 0 atom stereocenters. The summed E-state index contributed by atoms with van der Waals surface area (Å²) in [6, 6.07) is 1.72. The zero-order chi connectivity index (χ0) is 12.7. The fraction of sp³-hybridized carbons (Fsp3) is 0.667. The molecule has 0 saturated carbocycles. The molecule has 5 heteroatoms. The van der Waals surface area contributed by atoms with E-state index in [4.69, 9.17) is 5.73 Å². The Hall–Kier alpha value is -0.840. The van der Waals surface area contributed by atoms with Gasteiger partial charge in [-0.2, -0.15) is 4.98 Å². The molecule has 1 rings (SSSR count).